The van der Waals surface area contributed by atoms with Crippen LogP contribution >= 0.6 is 11.8 Å². The van der Waals surface area contributed by atoms with Crippen molar-refractivity contribution in [3.8, 4) is 6.19 Å². The van der Waals surface area contributed by atoms with Crippen LogP contribution in [-0.4, -0.2) is 23.2 Å². The monoisotopic (exact) mass is 225 g/mol. The highest BCUT2D eigenvalue weighted by Crippen LogP contribution is 2.15. The average molecular weight is 225 g/mol. The molecule has 6 nitrogen and oxygen atoms in total. The molecule has 7 heteroatoms. The van der Waals surface area contributed by atoms with Crippen LogP contribution in [0.2, 0.25) is 0 Å². The summed E-state index contributed by atoms with van der Waals surface area (Å²) >= 11 is 1.52. The van der Waals surface area contributed by atoms with E-state index in [4.69, 9.17) is 15.4 Å². The van der Waals surface area contributed by atoms with E-state index in [1.54, 1.807) is 12.4 Å². The first-order valence-corrected chi connectivity index (χ1v) is 5.29. The fourth-order valence-corrected chi connectivity index (χ4v) is 1.51. The van der Waals surface area contributed by atoms with Gasteiger partial charge in [-0.2, -0.15) is 5.26 Å². The second-order valence-corrected chi connectivity index (χ2v) is 3.55. The number of oxazole rings is 1. The Morgan fingerprint density at radius 1 is 1.80 bits per heavy atom. The Labute approximate surface area is 91.6 Å². The zero-order chi connectivity index (χ0) is 10.9. The van der Waals surface area contributed by atoms with Crippen molar-refractivity contribution in [3.05, 3.63) is 12.5 Å². The second-order valence-electron chi connectivity index (χ2n) is 2.50. The number of nitrogens with one attached hydrogen (secondary N) is 1. The van der Waals surface area contributed by atoms with Gasteiger partial charge in [0, 0.05) is 12.3 Å². The van der Waals surface area contributed by atoms with E-state index < -0.39 is 0 Å². The maximum Gasteiger partial charge on any atom is 0.255 e. The number of rotatable bonds is 5. The predicted octanol–water partition coefficient (Wildman–Crippen LogP) is 0.542. The quantitative estimate of drug-likeness (QED) is 0.189. The van der Waals surface area contributed by atoms with E-state index in [-0.39, 0.29) is 5.96 Å². The lowest BCUT2D eigenvalue weighted by Gasteiger charge is -1.96. The molecule has 0 unspecified atom stereocenters. The Balaban J connectivity index is 2.07. The van der Waals surface area contributed by atoms with Crippen molar-refractivity contribution in [2.24, 2.45) is 10.7 Å². The Morgan fingerprint density at radius 2 is 2.67 bits per heavy atom. The number of hydrogen-bond donors (Lipinski definition) is 2. The van der Waals surface area contributed by atoms with Crippen LogP contribution in [0.1, 0.15) is 6.42 Å². The lowest BCUT2D eigenvalue weighted by Crippen LogP contribution is -2.27. The van der Waals surface area contributed by atoms with Crippen LogP contribution in [0.15, 0.2) is 27.1 Å². The van der Waals surface area contributed by atoms with E-state index in [1.165, 1.54) is 18.0 Å². The van der Waals surface area contributed by atoms with Crippen LogP contribution in [0.25, 0.3) is 0 Å². The van der Waals surface area contributed by atoms with E-state index in [1.807, 2.05) is 0 Å². The van der Waals surface area contributed by atoms with Gasteiger partial charge in [-0.15, -0.1) is 0 Å². The molecule has 3 N–H and O–H groups in total. The van der Waals surface area contributed by atoms with Gasteiger partial charge in [-0.05, 0) is 6.42 Å². The fourth-order valence-electron chi connectivity index (χ4n) is 0.802. The summed E-state index contributed by atoms with van der Waals surface area (Å²) in [5, 5.41) is 11.1. The zero-order valence-corrected chi connectivity index (χ0v) is 8.83. The van der Waals surface area contributed by atoms with E-state index >= 15 is 0 Å². The zero-order valence-electron chi connectivity index (χ0n) is 8.01. The molecular weight excluding hydrogens is 214 g/mol. The highest BCUT2D eigenvalue weighted by atomic mass is 32.2. The Kier molecular flexibility index (Phi) is 5.11. The summed E-state index contributed by atoms with van der Waals surface area (Å²) in [5.41, 5.74) is 5.34. The number of thioether (sulfide) groups is 1. The maximum atomic E-state index is 8.22. The van der Waals surface area contributed by atoms with Crippen LogP contribution in [0.4, 0.5) is 0 Å². The van der Waals surface area contributed by atoms with Gasteiger partial charge in [-0.1, -0.05) is 11.8 Å². The fraction of sp³-hybridized carbons (Fsp3) is 0.375. The van der Waals surface area contributed by atoms with Gasteiger partial charge in [-0.3, -0.25) is 10.3 Å². The minimum Gasteiger partial charge on any atom is -0.440 e. The molecule has 0 saturated carbocycles. The second kappa shape index (κ2) is 6.73. The summed E-state index contributed by atoms with van der Waals surface area (Å²) in [5.74, 6) is 1.00. The van der Waals surface area contributed by atoms with Gasteiger partial charge in [-0.25, -0.2) is 4.98 Å². The maximum absolute atomic E-state index is 8.22. The third-order valence-electron chi connectivity index (χ3n) is 1.40. The van der Waals surface area contributed by atoms with Crippen molar-refractivity contribution >= 4 is 17.7 Å². The predicted molar refractivity (Wildman–Crippen MR) is 57.1 cm³/mol. The largest absolute Gasteiger partial charge is 0.440 e. The van der Waals surface area contributed by atoms with Crippen molar-refractivity contribution in [3.63, 3.8) is 0 Å². The van der Waals surface area contributed by atoms with Gasteiger partial charge >= 0.3 is 0 Å². The number of nitrogens with two attached hydrogens (primary N) is 1. The first-order valence-electron chi connectivity index (χ1n) is 4.30. The normalized spacial score (nSPS) is 11.0. The summed E-state index contributed by atoms with van der Waals surface area (Å²) in [6.07, 6.45) is 5.69. The van der Waals surface area contributed by atoms with Crippen molar-refractivity contribution < 1.29 is 4.42 Å². The van der Waals surface area contributed by atoms with Crippen molar-refractivity contribution in [1.82, 2.24) is 10.3 Å². The molecule has 80 valence electrons. The van der Waals surface area contributed by atoms with Crippen LogP contribution in [0.3, 0.4) is 0 Å². The van der Waals surface area contributed by atoms with Gasteiger partial charge in [0.05, 0.1) is 6.20 Å². The standard InChI is InChI=1S/C8H11N5OS/c9-6-13-7(10)11-2-1-5-15-8-12-3-4-14-8/h3-4H,1-2,5H2,(H3,10,11,13). The number of guanidine groups is 1. The third-order valence-corrected chi connectivity index (χ3v) is 2.35. The molecule has 0 aliphatic heterocycles. The van der Waals surface area contributed by atoms with Crippen LogP contribution in [-0.2, 0) is 0 Å². The minimum absolute atomic E-state index is 0.152. The SMILES string of the molecule is N#CNC(N)=NCCCSc1ncco1. The Morgan fingerprint density at radius 3 is 3.33 bits per heavy atom. The van der Waals surface area contributed by atoms with Gasteiger partial charge in [0.15, 0.2) is 6.19 Å². The average Bonchev–Trinajstić information content (AvgIpc) is 2.70. The molecule has 0 atom stereocenters. The molecule has 0 fully saturated rings. The number of nitriles is 1. The van der Waals surface area contributed by atoms with Crippen LogP contribution in [0, 0.1) is 11.5 Å². The number of hydrogen-bond acceptors (Lipinski definition) is 5. The summed E-state index contributed by atoms with van der Waals surface area (Å²) in [6, 6.07) is 0. The first kappa shape index (κ1) is 11.4. The molecule has 1 heterocycles. The molecule has 0 radical (unpaired) electrons. The van der Waals surface area contributed by atoms with Crippen LogP contribution < -0.4 is 11.1 Å². The molecule has 1 rings (SSSR count). The highest BCUT2D eigenvalue weighted by Gasteiger charge is 1.97. The highest BCUT2D eigenvalue weighted by molar-refractivity contribution is 7.99. The molecule has 1 aromatic rings. The van der Waals surface area contributed by atoms with Gasteiger partial charge in [0.1, 0.15) is 6.26 Å². The smallest absolute Gasteiger partial charge is 0.255 e. The van der Waals surface area contributed by atoms with Crippen molar-refractivity contribution in [2.75, 3.05) is 12.3 Å². The van der Waals surface area contributed by atoms with Gasteiger partial charge < -0.3 is 10.2 Å². The van der Waals surface area contributed by atoms with E-state index in [9.17, 15) is 0 Å². The molecule has 0 bridgehead atoms. The molecule has 15 heavy (non-hydrogen) atoms. The summed E-state index contributed by atoms with van der Waals surface area (Å²) in [6.45, 7) is 0.578. The van der Waals surface area contributed by atoms with Crippen LogP contribution in [0.5, 0.6) is 0 Å². The van der Waals surface area contributed by atoms with Crippen molar-refractivity contribution in [1.29, 1.82) is 5.26 Å². The molecule has 0 aromatic carbocycles. The Hall–Kier alpha value is -1.68. The molecule has 1 aromatic heterocycles. The van der Waals surface area contributed by atoms with Crippen molar-refractivity contribution in [2.45, 2.75) is 11.6 Å². The number of aliphatic imine (C=N–C) groups is 1. The van der Waals surface area contributed by atoms with E-state index in [0.29, 0.717) is 11.8 Å². The Bertz CT molecular complexity index is 342. The van der Waals surface area contributed by atoms with E-state index in [2.05, 4.69) is 15.3 Å². The molecule has 0 amide bonds. The summed E-state index contributed by atoms with van der Waals surface area (Å²) in [4.78, 5) is 7.89. The molecular formula is C8H11N5OS. The van der Waals surface area contributed by atoms with Gasteiger partial charge in [0.25, 0.3) is 5.22 Å². The lowest BCUT2D eigenvalue weighted by molar-refractivity contribution is 0.454. The molecule has 0 aliphatic rings. The first-order chi connectivity index (χ1) is 7.33. The minimum atomic E-state index is 0.152. The molecule has 0 saturated heterocycles. The third kappa shape index (κ3) is 4.93. The summed E-state index contributed by atoms with van der Waals surface area (Å²) < 4.78 is 5.04. The number of nitrogens with zero attached hydrogens (tertiary/aromatic N) is 3. The molecule has 0 spiro atoms. The van der Waals surface area contributed by atoms with Gasteiger partial charge in [0.2, 0.25) is 5.96 Å². The number of aromatic nitrogens is 1. The van der Waals surface area contributed by atoms with E-state index in [0.717, 1.165) is 12.2 Å². The molecule has 0 aliphatic carbocycles. The topological polar surface area (TPSA) is 100 Å². The lowest BCUT2D eigenvalue weighted by atomic mass is 10.5. The summed E-state index contributed by atoms with van der Waals surface area (Å²) in [7, 11) is 0.